The minimum Gasteiger partial charge on any atom is -0.379 e. The van der Waals surface area contributed by atoms with Crippen molar-refractivity contribution in [2.45, 2.75) is 33.7 Å². The van der Waals surface area contributed by atoms with Gasteiger partial charge in [0.25, 0.3) is 0 Å². The van der Waals surface area contributed by atoms with E-state index in [2.05, 4.69) is 65.7 Å². The number of aryl methyl sites for hydroxylation is 3. The highest BCUT2D eigenvalue weighted by Crippen LogP contribution is 2.17. The molecule has 21 heavy (non-hydrogen) atoms. The lowest BCUT2D eigenvalue weighted by Gasteiger charge is -2.09. The zero-order chi connectivity index (χ0) is 14.8. The molecule has 4 heteroatoms. The molecule has 0 atom stereocenters. The summed E-state index contributed by atoms with van der Waals surface area (Å²) in [6, 6.07) is 10.5. The molecule has 0 unspecified atom stereocenters. The highest BCUT2D eigenvalue weighted by atomic mass is 15.1. The lowest BCUT2D eigenvalue weighted by Crippen LogP contribution is -2.02. The van der Waals surface area contributed by atoms with Gasteiger partial charge in [0.05, 0.1) is 12.2 Å². The average Bonchev–Trinajstić information content (AvgIpc) is 2.88. The number of aromatic nitrogens is 3. The van der Waals surface area contributed by atoms with Crippen LogP contribution in [0, 0.1) is 13.8 Å². The maximum atomic E-state index is 4.59. The summed E-state index contributed by atoms with van der Waals surface area (Å²) in [5.41, 5.74) is 5.66. The number of nitrogens with zero attached hydrogens (tertiary/aromatic N) is 3. The summed E-state index contributed by atoms with van der Waals surface area (Å²) < 4.78 is 2.04. The predicted molar refractivity (Wildman–Crippen MR) is 85.6 cm³/mol. The summed E-state index contributed by atoms with van der Waals surface area (Å²) in [7, 11) is 0. The molecule has 0 saturated carbocycles. The quantitative estimate of drug-likeness (QED) is 0.795. The second-order valence-electron chi connectivity index (χ2n) is 5.31. The summed E-state index contributed by atoms with van der Waals surface area (Å²) >= 11 is 0. The first-order valence-corrected chi connectivity index (χ1v) is 7.31. The molecule has 0 saturated heterocycles. The topological polar surface area (TPSA) is 42.2 Å². The Morgan fingerprint density at radius 3 is 2.76 bits per heavy atom. The summed E-state index contributed by atoms with van der Waals surface area (Å²) in [4.78, 5) is 9.06. The minimum absolute atomic E-state index is 0.707. The van der Waals surface area contributed by atoms with Gasteiger partial charge in [-0.3, -0.25) is 4.40 Å². The van der Waals surface area contributed by atoms with E-state index in [1.54, 1.807) is 0 Å². The van der Waals surface area contributed by atoms with E-state index in [-0.39, 0.29) is 0 Å². The molecule has 108 valence electrons. The first-order chi connectivity index (χ1) is 10.2. The molecule has 4 nitrogen and oxygen atoms in total. The fourth-order valence-electron chi connectivity index (χ4n) is 2.59. The van der Waals surface area contributed by atoms with Gasteiger partial charge in [0.15, 0.2) is 0 Å². The molecule has 1 aromatic carbocycles. The van der Waals surface area contributed by atoms with Crippen LogP contribution < -0.4 is 5.32 Å². The van der Waals surface area contributed by atoms with Gasteiger partial charge in [0.2, 0.25) is 5.78 Å². The van der Waals surface area contributed by atoms with E-state index in [1.165, 1.54) is 11.3 Å². The Bertz CT molecular complexity index is 774. The lowest BCUT2D eigenvalue weighted by molar-refractivity contribution is 1.01. The van der Waals surface area contributed by atoms with Gasteiger partial charge >= 0.3 is 0 Å². The van der Waals surface area contributed by atoms with E-state index in [4.69, 9.17) is 0 Å². The van der Waals surface area contributed by atoms with Gasteiger partial charge in [-0.05, 0) is 38.0 Å². The molecule has 0 aliphatic carbocycles. The Morgan fingerprint density at radius 2 is 1.95 bits per heavy atom. The maximum absolute atomic E-state index is 4.59. The third-order valence-corrected chi connectivity index (χ3v) is 3.67. The van der Waals surface area contributed by atoms with Gasteiger partial charge in [-0.15, -0.1) is 0 Å². The monoisotopic (exact) mass is 280 g/mol. The third-order valence-electron chi connectivity index (χ3n) is 3.67. The van der Waals surface area contributed by atoms with Crippen molar-refractivity contribution in [3.05, 3.63) is 59.2 Å². The number of imidazole rings is 1. The molecule has 0 bridgehead atoms. The Balaban J connectivity index is 1.84. The number of anilines is 1. The first-order valence-electron chi connectivity index (χ1n) is 7.31. The van der Waals surface area contributed by atoms with Crippen LogP contribution in [-0.4, -0.2) is 14.4 Å². The number of hydrogen-bond donors (Lipinski definition) is 1. The van der Waals surface area contributed by atoms with Gasteiger partial charge in [-0.2, -0.15) is 0 Å². The van der Waals surface area contributed by atoms with Crippen LogP contribution in [0.2, 0.25) is 0 Å². The number of para-hydroxylation sites is 1. The van der Waals surface area contributed by atoms with E-state index in [0.717, 1.165) is 29.3 Å². The Hall–Kier alpha value is -2.36. The minimum atomic E-state index is 0.707. The van der Waals surface area contributed by atoms with Crippen LogP contribution in [0.25, 0.3) is 5.78 Å². The van der Waals surface area contributed by atoms with Gasteiger partial charge in [-0.1, -0.05) is 25.1 Å². The van der Waals surface area contributed by atoms with Crippen LogP contribution in [0.15, 0.2) is 36.5 Å². The van der Waals surface area contributed by atoms with Crippen molar-refractivity contribution in [3.63, 3.8) is 0 Å². The molecule has 2 heterocycles. The summed E-state index contributed by atoms with van der Waals surface area (Å²) in [5.74, 6) is 0.771. The van der Waals surface area contributed by atoms with Crippen LogP contribution in [0.4, 0.5) is 5.69 Å². The Labute approximate surface area is 124 Å². The van der Waals surface area contributed by atoms with Crippen molar-refractivity contribution in [3.8, 4) is 0 Å². The van der Waals surface area contributed by atoms with Crippen LogP contribution in [-0.2, 0) is 13.0 Å². The molecule has 3 rings (SSSR count). The summed E-state index contributed by atoms with van der Waals surface area (Å²) in [6.45, 7) is 6.95. The van der Waals surface area contributed by atoms with Crippen molar-refractivity contribution in [1.82, 2.24) is 14.4 Å². The molecular weight excluding hydrogens is 260 g/mol. The molecule has 1 N–H and O–H groups in total. The van der Waals surface area contributed by atoms with Crippen molar-refractivity contribution < 1.29 is 0 Å². The van der Waals surface area contributed by atoms with E-state index in [0.29, 0.717) is 6.54 Å². The second kappa shape index (κ2) is 5.56. The normalized spacial score (nSPS) is 11.0. The Morgan fingerprint density at radius 1 is 1.14 bits per heavy atom. The number of nitrogens with one attached hydrogen (secondary N) is 1. The molecule has 0 fully saturated rings. The number of benzene rings is 1. The van der Waals surface area contributed by atoms with Crippen molar-refractivity contribution in [2.24, 2.45) is 0 Å². The molecule has 0 amide bonds. The van der Waals surface area contributed by atoms with Gasteiger partial charge < -0.3 is 5.32 Å². The van der Waals surface area contributed by atoms with Crippen LogP contribution >= 0.6 is 0 Å². The third kappa shape index (κ3) is 2.75. The SMILES string of the molecule is CCc1ccccc1NCc1cn2c(C)cc(C)nc2n1. The second-order valence-corrected chi connectivity index (χ2v) is 5.31. The predicted octanol–water partition coefficient (Wildman–Crippen LogP) is 3.52. The van der Waals surface area contributed by atoms with Crippen LogP contribution in [0.3, 0.4) is 0 Å². The number of hydrogen-bond acceptors (Lipinski definition) is 3. The van der Waals surface area contributed by atoms with Crippen LogP contribution in [0.1, 0.15) is 29.6 Å². The molecular formula is C17H20N4. The van der Waals surface area contributed by atoms with Gasteiger partial charge in [0.1, 0.15) is 0 Å². The first kappa shape index (κ1) is 13.6. The molecule has 3 aromatic rings. The molecule has 0 spiro atoms. The maximum Gasteiger partial charge on any atom is 0.234 e. The molecule has 2 aromatic heterocycles. The summed E-state index contributed by atoms with van der Waals surface area (Å²) in [6.07, 6.45) is 3.08. The van der Waals surface area contributed by atoms with E-state index < -0.39 is 0 Å². The fraction of sp³-hybridized carbons (Fsp3) is 0.294. The molecule has 0 aliphatic heterocycles. The van der Waals surface area contributed by atoms with Crippen molar-refractivity contribution in [2.75, 3.05) is 5.32 Å². The highest BCUT2D eigenvalue weighted by Gasteiger charge is 2.06. The zero-order valence-corrected chi connectivity index (χ0v) is 12.7. The standard InChI is InChI=1S/C17H20N4/c1-4-14-7-5-6-8-16(14)18-10-15-11-21-13(3)9-12(2)19-17(21)20-15/h5-9,11,18H,4,10H2,1-3H3. The Kier molecular flexibility index (Phi) is 3.60. The molecule has 0 radical (unpaired) electrons. The van der Waals surface area contributed by atoms with Crippen molar-refractivity contribution >= 4 is 11.5 Å². The fourth-order valence-corrected chi connectivity index (χ4v) is 2.59. The average molecular weight is 280 g/mol. The number of rotatable bonds is 4. The van der Waals surface area contributed by atoms with E-state index in [9.17, 15) is 0 Å². The van der Waals surface area contributed by atoms with Crippen LogP contribution in [0.5, 0.6) is 0 Å². The largest absolute Gasteiger partial charge is 0.379 e. The number of fused-ring (bicyclic) bond motifs is 1. The molecule has 0 aliphatic rings. The van der Waals surface area contributed by atoms with Gasteiger partial charge in [0, 0.05) is 23.3 Å². The van der Waals surface area contributed by atoms with E-state index >= 15 is 0 Å². The summed E-state index contributed by atoms with van der Waals surface area (Å²) in [5, 5.41) is 3.47. The van der Waals surface area contributed by atoms with Crippen molar-refractivity contribution in [1.29, 1.82) is 0 Å². The zero-order valence-electron chi connectivity index (χ0n) is 12.7. The highest BCUT2D eigenvalue weighted by molar-refractivity contribution is 5.51. The van der Waals surface area contributed by atoms with Gasteiger partial charge in [-0.25, -0.2) is 9.97 Å². The lowest BCUT2D eigenvalue weighted by atomic mass is 10.1. The van der Waals surface area contributed by atoms with E-state index in [1.807, 2.05) is 11.3 Å². The smallest absolute Gasteiger partial charge is 0.234 e.